The van der Waals surface area contributed by atoms with Crippen molar-refractivity contribution in [3.63, 3.8) is 0 Å². The third kappa shape index (κ3) is 3.76. The summed E-state index contributed by atoms with van der Waals surface area (Å²) in [7, 11) is 0. The number of thiophene rings is 1. The highest BCUT2D eigenvalue weighted by Gasteiger charge is 2.22. The number of carbonyl (C=O) groups excluding carboxylic acids is 2. The van der Waals surface area contributed by atoms with E-state index < -0.39 is 11.9 Å². The summed E-state index contributed by atoms with van der Waals surface area (Å²) >= 11 is 2.12. The summed E-state index contributed by atoms with van der Waals surface area (Å²) in [4.78, 5) is 39.6. The van der Waals surface area contributed by atoms with Gasteiger partial charge in [0.1, 0.15) is 9.88 Å². The van der Waals surface area contributed by atoms with E-state index in [0.29, 0.717) is 21.1 Å². The quantitative estimate of drug-likeness (QED) is 0.649. The number of benzene rings is 1. The Balaban J connectivity index is 1.97. The van der Waals surface area contributed by atoms with Crippen LogP contribution in [-0.2, 0) is 4.74 Å². The van der Waals surface area contributed by atoms with Crippen molar-refractivity contribution in [1.29, 1.82) is 0 Å². The molecule has 3 rings (SSSR count). The fraction of sp³-hybridized carbons (Fsp3) is 0.167. The summed E-state index contributed by atoms with van der Waals surface area (Å²) < 4.78 is 5.10. The van der Waals surface area contributed by atoms with E-state index in [1.165, 1.54) is 11.3 Å². The summed E-state index contributed by atoms with van der Waals surface area (Å²) in [6.07, 6.45) is 0. The lowest BCUT2D eigenvalue weighted by Gasteiger charge is -2.05. The molecule has 0 aliphatic heterocycles. The summed E-state index contributed by atoms with van der Waals surface area (Å²) in [5, 5.41) is 3.14. The van der Waals surface area contributed by atoms with Crippen LogP contribution in [-0.4, -0.2) is 23.5 Å². The van der Waals surface area contributed by atoms with Crippen LogP contribution in [0, 0.1) is 6.92 Å². The van der Waals surface area contributed by atoms with Gasteiger partial charge in [-0.15, -0.1) is 11.3 Å². The van der Waals surface area contributed by atoms with Gasteiger partial charge in [-0.3, -0.25) is 9.59 Å². The van der Waals surface area contributed by atoms with Gasteiger partial charge < -0.3 is 15.0 Å². The minimum absolute atomic E-state index is 0.237. The molecule has 3 aromatic rings. The molecule has 0 aliphatic carbocycles. The molecule has 2 N–H and O–H groups in total. The van der Waals surface area contributed by atoms with Crippen molar-refractivity contribution in [2.24, 2.45) is 0 Å². The fourth-order valence-corrected chi connectivity index (χ4v) is 4.15. The molecule has 0 spiro atoms. The maximum absolute atomic E-state index is 12.5. The van der Waals surface area contributed by atoms with Gasteiger partial charge in [-0.2, -0.15) is 0 Å². The third-order valence-electron chi connectivity index (χ3n) is 3.54. The molecule has 6 nitrogen and oxygen atoms in total. The SMILES string of the molecule is CCOC(=O)c1cc(-c2ccccc2)sc1NC(=O)c1sc(=O)[nH]c1C. The topological polar surface area (TPSA) is 88.3 Å². The molecule has 8 heteroatoms. The van der Waals surface area contributed by atoms with Gasteiger partial charge in [0.25, 0.3) is 5.91 Å². The van der Waals surface area contributed by atoms with Crippen LogP contribution in [0.1, 0.15) is 32.6 Å². The largest absolute Gasteiger partial charge is 0.462 e. The van der Waals surface area contributed by atoms with E-state index in [2.05, 4.69) is 10.3 Å². The van der Waals surface area contributed by atoms with Crippen molar-refractivity contribution in [1.82, 2.24) is 4.98 Å². The molecule has 0 bridgehead atoms. The number of amides is 1. The molecule has 134 valence electrons. The van der Waals surface area contributed by atoms with Gasteiger partial charge in [0.05, 0.1) is 12.2 Å². The van der Waals surface area contributed by atoms with E-state index in [0.717, 1.165) is 21.8 Å². The van der Waals surface area contributed by atoms with Crippen molar-refractivity contribution in [3.05, 3.63) is 62.2 Å². The Morgan fingerprint density at radius 3 is 2.54 bits per heavy atom. The van der Waals surface area contributed by atoms with E-state index in [1.54, 1.807) is 19.9 Å². The minimum atomic E-state index is -0.500. The number of hydrogen-bond acceptors (Lipinski definition) is 6. The predicted octanol–water partition coefficient (Wildman–Crippen LogP) is 3.90. The number of carbonyl (C=O) groups is 2. The number of aromatic nitrogens is 1. The van der Waals surface area contributed by atoms with Crippen molar-refractivity contribution in [2.45, 2.75) is 13.8 Å². The van der Waals surface area contributed by atoms with Gasteiger partial charge in [-0.05, 0) is 25.5 Å². The zero-order valence-corrected chi connectivity index (χ0v) is 15.8. The standard InChI is InChI=1S/C18H16N2O4S2/c1-3-24-17(22)12-9-13(11-7-5-4-6-8-11)25-16(12)20-15(21)14-10(2)19-18(23)26-14/h4-9H,3H2,1-2H3,(H,19,23)(H,20,21). The predicted molar refractivity (Wildman–Crippen MR) is 103 cm³/mol. The molecule has 2 aromatic heterocycles. The fourth-order valence-electron chi connectivity index (χ4n) is 2.37. The first-order valence-electron chi connectivity index (χ1n) is 7.87. The zero-order valence-electron chi connectivity index (χ0n) is 14.1. The maximum Gasteiger partial charge on any atom is 0.341 e. The van der Waals surface area contributed by atoms with Crippen LogP contribution >= 0.6 is 22.7 Å². The summed E-state index contributed by atoms with van der Waals surface area (Å²) in [6.45, 7) is 3.62. The number of nitrogens with one attached hydrogen (secondary N) is 2. The third-order valence-corrected chi connectivity index (χ3v) is 5.63. The number of rotatable bonds is 5. The number of esters is 1. The molecular formula is C18H16N2O4S2. The molecule has 1 aromatic carbocycles. The molecule has 0 aliphatic rings. The molecule has 26 heavy (non-hydrogen) atoms. The first kappa shape index (κ1) is 18.1. The maximum atomic E-state index is 12.5. The second-order valence-corrected chi connectivity index (χ2v) is 7.40. The van der Waals surface area contributed by atoms with Gasteiger partial charge in [0.15, 0.2) is 0 Å². The number of thiazole rings is 1. The lowest BCUT2D eigenvalue weighted by Crippen LogP contribution is -2.14. The van der Waals surface area contributed by atoms with Crippen LogP contribution in [0.2, 0.25) is 0 Å². The van der Waals surface area contributed by atoms with E-state index in [-0.39, 0.29) is 11.5 Å². The average molecular weight is 388 g/mol. The highest BCUT2D eigenvalue weighted by atomic mass is 32.1. The van der Waals surface area contributed by atoms with Crippen molar-refractivity contribution >= 4 is 39.6 Å². The van der Waals surface area contributed by atoms with Crippen LogP contribution in [0.5, 0.6) is 0 Å². The van der Waals surface area contributed by atoms with Crippen molar-refractivity contribution in [3.8, 4) is 10.4 Å². The Bertz CT molecular complexity index is 1000. The van der Waals surface area contributed by atoms with E-state index in [9.17, 15) is 14.4 Å². The second-order valence-electron chi connectivity index (χ2n) is 5.36. The van der Waals surface area contributed by atoms with E-state index in [4.69, 9.17) is 4.74 Å². The highest BCUT2D eigenvalue weighted by Crippen LogP contribution is 2.36. The van der Waals surface area contributed by atoms with Gasteiger partial charge in [-0.1, -0.05) is 41.7 Å². The number of aromatic amines is 1. The Morgan fingerprint density at radius 1 is 1.19 bits per heavy atom. The molecule has 0 atom stereocenters. The van der Waals surface area contributed by atoms with E-state index >= 15 is 0 Å². The van der Waals surface area contributed by atoms with Crippen LogP contribution in [0.4, 0.5) is 5.00 Å². The number of hydrogen-bond donors (Lipinski definition) is 2. The van der Waals surface area contributed by atoms with Crippen LogP contribution in [0.25, 0.3) is 10.4 Å². The van der Waals surface area contributed by atoms with Crippen LogP contribution in [0.3, 0.4) is 0 Å². The Labute approximate surface area is 157 Å². The van der Waals surface area contributed by atoms with Crippen molar-refractivity contribution in [2.75, 3.05) is 11.9 Å². The molecule has 0 unspecified atom stereocenters. The molecule has 0 radical (unpaired) electrons. The molecule has 1 amide bonds. The Kier molecular flexibility index (Phi) is 5.34. The minimum Gasteiger partial charge on any atom is -0.462 e. The summed E-state index contributed by atoms with van der Waals surface area (Å²) in [5.41, 5.74) is 1.73. The van der Waals surface area contributed by atoms with E-state index in [1.807, 2.05) is 30.3 Å². The van der Waals surface area contributed by atoms with Gasteiger partial charge in [0, 0.05) is 10.6 Å². The van der Waals surface area contributed by atoms with Gasteiger partial charge in [0.2, 0.25) is 0 Å². The molecule has 0 fully saturated rings. The Hall–Kier alpha value is -2.71. The lowest BCUT2D eigenvalue weighted by molar-refractivity contribution is 0.0528. The number of anilines is 1. The average Bonchev–Trinajstić information content (AvgIpc) is 3.19. The lowest BCUT2D eigenvalue weighted by atomic mass is 10.1. The van der Waals surface area contributed by atoms with Crippen LogP contribution in [0.15, 0.2) is 41.2 Å². The second kappa shape index (κ2) is 7.67. The van der Waals surface area contributed by atoms with Gasteiger partial charge in [-0.25, -0.2) is 4.79 Å². The highest BCUT2D eigenvalue weighted by molar-refractivity contribution is 7.20. The number of H-pyrrole nitrogens is 1. The molecule has 0 saturated carbocycles. The summed E-state index contributed by atoms with van der Waals surface area (Å²) in [6, 6.07) is 11.3. The number of ether oxygens (including phenoxy) is 1. The van der Waals surface area contributed by atoms with Crippen molar-refractivity contribution < 1.29 is 14.3 Å². The monoisotopic (exact) mass is 388 g/mol. The number of aryl methyl sites for hydroxylation is 1. The Morgan fingerprint density at radius 2 is 1.92 bits per heavy atom. The zero-order chi connectivity index (χ0) is 18.7. The summed E-state index contributed by atoms with van der Waals surface area (Å²) in [5.74, 6) is -0.932. The molecular weight excluding hydrogens is 372 g/mol. The smallest absolute Gasteiger partial charge is 0.341 e. The normalized spacial score (nSPS) is 10.5. The molecule has 2 heterocycles. The first-order valence-corrected chi connectivity index (χ1v) is 9.50. The van der Waals surface area contributed by atoms with Crippen LogP contribution < -0.4 is 10.2 Å². The molecule has 0 saturated heterocycles. The first-order chi connectivity index (χ1) is 12.5. The van der Waals surface area contributed by atoms with Gasteiger partial charge >= 0.3 is 10.8 Å².